The molecule has 0 atom stereocenters. The Labute approximate surface area is 100 Å². The third-order valence-electron chi connectivity index (χ3n) is 3.22. The maximum Gasteiger partial charge on any atom is 0.0207 e. The van der Waals surface area contributed by atoms with E-state index in [2.05, 4.69) is 46.4 Å². The van der Waals surface area contributed by atoms with E-state index in [1.54, 1.807) is 0 Å². The van der Waals surface area contributed by atoms with Crippen LogP contribution in [0.25, 0.3) is 0 Å². The van der Waals surface area contributed by atoms with Crippen molar-refractivity contribution in [2.45, 2.75) is 26.2 Å². The highest BCUT2D eigenvalue weighted by molar-refractivity contribution is 9.10. The second-order valence-electron chi connectivity index (χ2n) is 4.48. The van der Waals surface area contributed by atoms with Crippen LogP contribution in [0.2, 0.25) is 0 Å². The van der Waals surface area contributed by atoms with Crippen molar-refractivity contribution in [3.05, 3.63) is 33.8 Å². The zero-order valence-corrected chi connectivity index (χ0v) is 10.8. The van der Waals surface area contributed by atoms with Gasteiger partial charge in [-0.3, -0.25) is 0 Å². The number of hydrogen-bond acceptors (Lipinski definition) is 1. The van der Waals surface area contributed by atoms with Gasteiger partial charge in [0.15, 0.2) is 0 Å². The first kappa shape index (κ1) is 11.2. The molecule has 0 radical (unpaired) electrons. The van der Waals surface area contributed by atoms with Crippen molar-refractivity contribution in [1.29, 1.82) is 0 Å². The van der Waals surface area contributed by atoms with Gasteiger partial charge in [-0.1, -0.05) is 28.1 Å². The fourth-order valence-electron chi connectivity index (χ4n) is 2.18. The van der Waals surface area contributed by atoms with Crippen molar-refractivity contribution in [1.82, 2.24) is 5.32 Å². The van der Waals surface area contributed by atoms with E-state index >= 15 is 0 Å². The molecule has 2 rings (SSSR count). The van der Waals surface area contributed by atoms with Gasteiger partial charge in [0, 0.05) is 4.47 Å². The van der Waals surface area contributed by atoms with Gasteiger partial charge in [0.05, 0.1) is 0 Å². The quantitative estimate of drug-likeness (QED) is 0.867. The number of benzene rings is 1. The predicted octanol–water partition coefficient (Wildman–Crippen LogP) is 3.30. The van der Waals surface area contributed by atoms with Gasteiger partial charge in [-0.05, 0) is 62.4 Å². The Morgan fingerprint density at radius 1 is 1.33 bits per heavy atom. The first-order valence-electron chi connectivity index (χ1n) is 5.71. The Morgan fingerprint density at radius 3 is 2.73 bits per heavy atom. The predicted molar refractivity (Wildman–Crippen MR) is 68.2 cm³/mol. The van der Waals surface area contributed by atoms with Crippen LogP contribution in [0.1, 0.15) is 24.0 Å². The second-order valence-corrected chi connectivity index (χ2v) is 5.34. The zero-order valence-electron chi connectivity index (χ0n) is 9.22. The summed E-state index contributed by atoms with van der Waals surface area (Å²) in [5.41, 5.74) is 2.79. The van der Waals surface area contributed by atoms with Crippen LogP contribution >= 0.6 is 15.9 Å². The molecule has 1 heterocycles. The molecule has 1 aliphatic heterocycles. The van der Waals surface area contributed by atoms with Crippen LogP contribution in [0.5, 0.6) is 0 Å². The Kier molecular flexibility index (Phi) is 3.81. The molecule has 1 aromatic rings. The Hall–Kier alpha value is -0.340. The second kappa shape index (κ2) is 5.13. The molecule has 0 amide bonds. The van der Waals surface area contributed by atoms with E-state index in [1.807, 2.05) is 0 Å². The summed E-state index contributed by atoms with van der Waals surface area (Å²) in [6.45, 7) is 4.52. The van der Waals surface area contributed by atoms with Crippen molar-refractivity contribution in [3.63, 3.8) is 0 Å². The zero-order chi connectivity index (χ0) is 10.7. The smallest absolute Gasteiger partial charge is 0.0207 e. The molecule has 82 valence electrons. The molecular weight excluding hydrogens is 250 g/mol. The molecule has 0 aliphatic carbocycles. The summed E-state index contributed by atoms with van der Waals surface area (Å²) in [5, 5.41) is 3.41. The number of halogens is 1. The normalized spacial score (nSPS) is 18.0. The minimum atomic E-state index is 0.876. The largest absolute Gasteiger partial charge is 0.317 e. The lowest BCUT2D eigenvalue weighted by Gasteiger charge is -2.22. The van der Waals surface area contributed by atoms with Crippen LogP contribution in [0.3, 0.4) is 0 Å². The summed E-state index contributed by atoms with van der Waals surface area (Å²) in [6.07, 6.45) is 3.89. The van der Waals surface area contributed by atoms with Gasteiger partial charge in [0.2, 0.25) is 0 Å². The molecule has 0 saturated carbocycles. The van der Waals surface area contributed by atoms with Crippen LogP contribution in [-0.4, -0.2) is 13.1 Å². The minimum Gasteiger partial charge on any atom is -0.317 e. The van der Waals surface area contributed by atoms with E-state index in [0.717, 1.165) is 5.92 Å². The van der Waals surface area contributed by atoms with Crippen LogP contribution in [0, 0.1) is 12.8 Å². The average Bonchev–Trinajstić information content (AvgIpc) is 2.25. The molecule has 0 aromatic heterocycles. The van der Waals surface area contributed by atoms with E-state index in [9.17, 15) is 0 Å². The van der Waals surface area contributed by atoms with Gasteiger partial charge in [0.25, 0.3) is 0 Å². The number of piperidine rings is 1. The van der Waals surface area contributed by atoms with Crippen LogP contribution in [-0.2, 0) is 6.42 Å². The topological polar surface area (TPSA) is 12.0 Å². The van der Waals surface area contributed by atoms with E-state index in [0.29, 0.717) is 0 Å². The van der Waals surface area contributed by atoms with Crippen LogP contribution in [0.15, 0.2) is 22.7 Å². The highest BCUT2D eigenvalue weighted by Gasteiger charge is 2.13. The molecule has 1 nitrogen and oxygen atoms in total. The minimum absolute atomic E-state index is 0.876. The summed E-state index contributed by atoms with van der Waals surface area (Å²) in [4.78, 5) is 0. The molecule has 1 aromatic carbocycles. The standard InChI is InChI=1S/C13H18BrN/c1-10-2-3-12(9-13(10)14)8-11-4-6-15-7-5-11/h2-3,9,11,15H,4-8H2,1H3. The number of hydrogen-bond donors (Lipinski definition) is 1. The van der Waals surface area contributed by atoms with E-state index in [4.69, 9.17) is 0 Å². The third kappa shape index (κ3) is 3.05. The highest BCUT2D eigenvalue weighted by atomic mass is 79.9. The Balaban J connectivity index is 2.00. The third-order valence-corrected chi connectivity index (χ3v) is 4.07. The van der Waals surface area contributed by atoms with Crippen molar-refractivity contribution in [2.24, 2.45) is 5.92 Å². The SMILES string of the molecule is Cc1ccc(CC2CCNCC2)cc1Br. The first-order valence-corrected chi connectivity index (χ1v) is 6.51. The summed E-state index contributed by atoms with van der Waals surface area (Å²) in [7, 11) is 0. The molecule has 1 aliphatic rings. The Morgan fingerprint density at radius 2 is 2.07 bits per heavy atom. The number of nitrogens with one attached hydrogen (secondary N) is 1. The summed E-state index contributed by atoms with van der Waals surface area (Å²) in [5.74, 6) is 0.876. The van der Waals surface area contributed by atoms with Crippen molar-refractivity contribution in [2.75, 3.05) is 13.1 Å². The van der Waals surface area contributed by atoms with E-state index in [-0.39, 0.29) is 0 Å². The monoisotopic (exact) mass is 267 g/mol. The highest BCUT2D eigenvalue weighted by Crippen LogP contribution is 2.22. The molecular formula is C13H18BrN. The van der Waals surface area contributed by atoms with Gasteiger partial charge in [-0.25, -0.2) is 0 Å². The number of aryl methyl sites for hydroxylation is 1. The summed E-state index contributed by atoms with van der Waals surface area (Å²) < 4.78 is 1.24. The van der Waals surface area contributed by atoms with Gasteiger partial charge in [-0.2, -0.15) is 0 Å². The lowest BCUT2D eigenvalue weighted by atomic mass is 9.91. The molecule has 2 heteroatoms. The first-order chi connectivity index (χ1) is 7.25. The number of rotatable bonds is 2. The molecule has 1 N–H and O–H groups in total. The molecule has 15 heavy (non-hydrogen) atoms. The van der Waals surface area contributed by atoms with Gasteiger partial charge in [-0.15, -0.1) is 0 Å². The fraction of sp³-hybridized carbons (Fsp3) is 0.538. The molecule has 0 spiro atoms. The lowest BCUT2D eigenvalue weighted by Crippen LogP contribution is -2.28. The molecule has 0 unspecified atom stereocenters. The van der Waals surface area contributed by atoms with Crippen molar-refractivity contribution in [3.8, 4) is 0 Å². The van der Waals surface area contributed by atoms with E-state index < -0.39 is 0 Å². The van der Waals surface area contributed by atoms with Gasteiger partial charge < -0.3 is 5.32 Å². The molecule has 0 bridgehead atoms. The van der Waals surface area contributed by atoms with Crippen LogP contribution in [0.4, 0.5) is 0 Å². The van der Waals surface area contributed by atoms with Gasteiger partial charge in [0.1, 0.15) is 0 Å². The maximum absolute atomic E-state index is 3.60. The molecule has 1 saturated heterocycles. The summed E-state index contributed by atoms with van der Waals surface area (Å²) >= 11 is 3.60. The van der Waals surface area contributed by atoms with Crippen molar-refractivity contribution < 1.29 is 0 Å². The van der Waals surface area contributed by atoms with E-state index in [1.165, 1.54) is 48.0 Å². The maximum atomic E-state index is 3.60. The lowest BCUT2D eigenvalue weighted by molar-refractivity contribution is 0.372. The molecule has 1 fully saturated rings. The fourth-order valence-corrected chi connectivity index (χ4v) is 2.61. The van der Waals surface area contributed by atoms with Crippen LogP contribution < -0.4 is 5.32 Å². The van der Waals surface area contributed by atoms with Crippen molar-refractivity contribution >= 4 is 15.9 Å². The summed E-state index contributed by atoms with van der Waals surface area (Å²) in [6, 6.07) is 6.75. The van der Waals surface area contributed by atoms with Gasteiger partial charge >= 0.3 is 0 Å². The Bertz CT molecular complexity index is 329. The average molecular weight is 268 g/mol.